The molecule has 1 amide bonds. The molecule has 6 heteroatoms. The molecule has 0 atom stereocenters. The van der Waals surface area contributed by atoms with Crippen molar-refractivity contribution in [1.29, 1.82) is 0 Å². The lowest BCUT2D eigenvalue weighted by atomic mass is 9.83. The van der Waals surface area contributed by atoms with Gasteiger partial charge in [-0.15, -0.1) is 12.4 Å². The molecule has 1 aliphatic carbocycles. The van der Waals surface area contributed by atoms with Gasteiger partial charge >= 0.3 is 5.97 Å². The molecule has 2 fully saturated rings. The first kappa shape index (κ1) is 21.7. The second-order valence-electron chi connectivity index (χ2n) is 7.77. The van der Waals surface area contributed by atoms with Crippen LogP contribution in [0.5, 0.6) is 0 Å². The van der Waals surface area contributed by atoms with E-state index in [1.807, 2.05) is 12.1 Å². The summed E-state index contributed by atoms with van der Waals surface area (Å²) in [6, 6.07) is 8.31. The van der Waals surface area contributed by atoms with Crippen LogP contribution in [0, 0.1) is 5.92 Å². The number of rotatable bonds is 6. The van der Waals surface area contributed by atoms with Crippen LogP contribution in [0.15, 0.2) is 24.3 Å². The average molecular weight is 395 g/mol. The van der Waals surface area contributed by atoms with Crippen LogP contribution in [0.25, 0.3) is 0 Å². The summed E-state index contributed by atoms with van der Waals surface area (Å²) in [5, 5.41) is 15.4. The van der Waals surface area contributed by atoms with E-state index in [9.17, 15) is 9.59 Å². The van der Waals surface area contributed by atoms with Gasteiger partial charge in [-0.25, -0.2) is 0 Å². The number of carboxylic acid groups (broad SMARTS) is 1. The van der Waals surface area contributed by atoms with Crippen molar-refractivity contribution in [2.45, 2.75) is 63.3 Å². The predicted molar refractivity (Wildman–Crippen MR) is 109 cm³/mol. The van der Waals surface area contributed by atoms with Crippen molar-refractivity contribution < 1.29 is 14.7 Å². The van der Waals surface area contributed by atoms with E-state index in [1.165, 1.54) is 5.56 Å². The maximum Gasteiger partial charge on any atom is 0.303 e. The molecule has 0 spiro atoms. The molecule has 0 radical (unpaired) electrons. The van der Waals surface area contributed by atoms with Crippen molar-refractivity contribution in [3.63, 3.8) is 0 Å². The van der Waals surface area contributed by atoms with Crippen molar-refractivity contribution in [2.24, 2.45) is 5.92 Å². The first-order valence-electron chi connectivity index (χ1n) is 9.95. The molecule has 1 saturated carbocycles. The Kier molecular flexibility index (Phi) is 8.58. The van der Waals surface area contributed by atoms with Gasteiger partial charge in [0.1, 0.15) is 0 Å². The van der Waals surface area contributed by atoms with Crippen LogP contribution in [0.2, 0.25) is 0 Å². The molecule has 3 rings (SSSR count). The van der Waals surface area contributed by atoms with Crippen LogP contribution in [0.1, 0.15) is 73.2 Å². The molecular formula is C21H31ClN2O3. The number of nitrogens with one attached hydrogen (secondary N) is 2. The normalized spacial score (nSPS) is 23.3. The molecule has 1 aliphatic heterocycles. The summed E-state index contributed by atoms with van der Waals surface area (Å²) >= 11 is 0. The summed E-state index contributed by atoms with van der Waals surface area (Å²) in [6.07, 6.45) is 7.19. The molecule has 5 nitrogen and oxygen atoms in total. The molecular weight excluding hydrogens is 364 g/mol. The number of carbonyl (C=O) groups is 2. The van der Waals surface area contributed by atoms with Gasteiger partial charge in [0.05, 0.1) is 0 Å². The Bertz CT molecular complexity index is 624. The quantitative estimate of drug-likeness (QED) is 0.686. The van der Waals surface area contributed by atoms with Crippen LogP contribution in [-0.4, -0.2) is 36.1 Å². The van der Waals surface area contributed by atoms with Crippen molar-refractivity contribution in [2.75, 3.05) is 13.1 Å². The first-order chi connectivity index (χ1) is 12.6. The largest absolute Gasteiger partial charge is 0.481 e. The standard InChI is InChI=1S/C21H30N2O3.ClH/c24-20(25)9-6-15-4-7-19(8-5-15)23-21(26)18-3-1-2-17(14-18)16-10-12-22-13-11-16;/h1-3,14-16,19,22H,4-13H2,(H,23,26)(H,24,25);1H/t15-,19-;. The van der Waals surface area contributed by atoms with Gasteiger partial charge in [0, 0.05) is 18.0 Å². The van der Waals surface area contributed by atoms with Gasteiger partial charge in [0.2, 0.25) is 0 Å². The molecule has 1 heterocycles. The van der Waals surface area contributed by atoms with E-state index >= 15 is 0 Å². The zero-order chi connectivity index (χ0) is 18.4. The Labute approximate surface area is 167 Å². The summed E-state index contributed by atoms with van der Waals surface area (Å²) in [6.45, 7) is 2.10. The van der Waals surface area contributed by atoms with Gasteiger partial charge in [-0.3, -0.25) is 9.59 Å². The molecule has 0 aromatic heterocycles. The van der Waals surface area contributed by atoms with E-state index < -0.39 is 5.97 Å². The van der Waals surface area contributed by atoms with Gasteiger partial charge in [-0.2, -0.15) is 0 Å². The lowest BCUT2D eigenvalue weighted by Crippen LogP contribution is -2.37. The number of benzene rings is 1. The minimum atomic E-state index is -0.714. The van der Waals surface area contributed by atoms with Crippen LogP contribution in [0.3, 0.4) is 0 Å². The third-order valence-electron chi connectivity index (χ3n) is 5.91. The molecule has 0 unspecified atom stereocenters. The Morgan fingerprint density at radius 2 is 1.78 bits per heavy atom. The van der Waals surface area contributed by atoms with Crippen LogP contribution in [0.4, 0.5) is 0 Å². The molecule has 1 aromatic rings. The number of carbonyl (C=O) groups excluding carboxylic acids is 1. The lowest BCUT2D eigenvalue weighted by molar-refractivity contribution is -0.137. The zero-order valence-corrected chi connectivity index (χ0v) is 16.6. The molecule has 2 aliphatic rings. The average Bonchev–Trinajstić information content (AvgIpc) is 2.68. The van der Waals surface area contributed by atoms with Crippen LogP contribution in [-0.2, 0) is 4.79 Å². The monoisotopic (exact) mass is 394 g/mol. The van der Waals surface area contributed by atoms with Gasteiger partial charge in [0.15, 0.2) is 0 Å². The highest BCUT2D eigenvalue weighted by Crippen LogP contribution is 2.29. The van der Waals surface area contributed by atoms with E-state index in [1.54, 1.807) is 0 Å². The minimum absolute atomic E-state index is 0. The second-order valence-corrected chi connectivity index (χ2v) is 7.77. The van der Waals surface area contributed by atoms with Crippen LogP contribution >= 0.6 is 12.4 Å². The zero-order valence-electron chi connectivity index (χ0n) is 15.8. The van der Waals surface area contributed by atoms with Crippen molar-refractivity contribution in [3.05, 3.63) is 35.4 Å². The second kappa shape index (κ2) is 10.7. The fraction of sp³-hybridized carbons (Fsp3) is 0.619. The van der Waals surface area contributed by atoms with E-state index in [2.05, 4.69) is 22.8 Å². The highest BCUT2D eigenvalue weighted by molar-refractivity contribution is 5.94. The Balaban J connectivity index is 0.00000261. The molecule has 0 bridgehead atoms. The Hall–Kier alpha value is -1.59. The fourth-order valence-corrected chi connectivity index (χ4v) is 4.28. The number of halogens is 1. The van der Waals surface area contributed by atoms with Gasteiger partial charge in [0.25, 0.3) is 5.91 Å². The molecule has 150 valence electrons. The molecule has 27 heavy (non-hydrogen) atoms. The van der Waals surface area contributed by atoms with Crippen molar-refractivity contribution in [1.82, 2.24) is 10.6 Å². The summed E-state index contributed by atoms with van der Waals surface area (Å²) in [4.78, 5) is 23.3. The minimum Gasteiger partial charge on any atom is -0.481 e. The number of aliphatic carboxylic acids is 1. The number of piperidine rings is 1. The molecule has 3 N–H and O–H groups in total. The maximum atomic E-state index is 12.6. The lowest BCUT2D eigenvalue weighted by Gasteiger charge is -2.29. The Morgan fingerprint density at radius 1 is 1.07 bits per heavy atom. The SMILES string of the molecule is Cl.O=C(O)CC[C@H]1CC[C@H](NC(=O)c2cccc(C3CCNCC3)c2)CC1. The number of hydrogen-bond acceptors (Lipinski definition) is 3. The molecule has 1 saturated heterocycles. The topological polar surface area (TPSA) is 78.4 Å². The number of amides is 1. The van der Waals surface area contributed by atoms with Gasteiger partial charge in [-0.05, 0) is 87.6 Å². The summed E-state index contributed by atoms with van der Waals surface area (Å²) in [5.41, 5.74) is 2.03. The number of hydrogen-bond donors (Lipinski definition) is 3. The van der Waals surface area contributed by atoms with Crippen molar-refractivity contribution in [3.8, 4) is 0 Å². The third-order valence-corrected chi connectivity index (χ3v) is 5.91. The van der Waals surface area contributed by atoms with E-state index in [0.717, 1.165) is 63.6 Å². The highest BCUT2D eigenvalue weighted by Gasteiger charge is 2.23. The van der Waals surface area contributed by atoms with E-state index in [0.29, 0.717) is 11.8 Å². The summed E-state index contributed by atoms with van der Waals surface area (Å²) in [7, 11) is 0. The molecule has 1 aromatic carbocycles. The van der Waals surface area contributed by atoms with E-state index in [4.69, 9.17) is 5.11 Å². The van der Waals surface area contributed by atoms with Gasteiger partial charge < -0.3 is 15.7 Å². The smallest absolute Gasteiger partial charge is 0.303 e. The van der Waals surface area contributed by atoms with Crippen molar-refractivity contribution >= 4 is 24.3 Å². The van der Waals surface area contributed by atoms with Crippen LogP contribution < -0.4 is 10.6 Å². The predicted octanol–water partition coefficient (Wildman–Crippen LogP) is 3.73. The van der Waals surface area contributed by atoms with Gasteiger partial charge in [-0.1, -0.05) is 12.1 Å². The summed E-state index contributed by atoms with van der Waals surface area (Å²) < 4.78 is 0. The fourth-order valence-electron chi connectivity index (χ4n) is 4.28. The number of carboxylic acids is 1. The van der Waals surface area contributed by atoms with E-state index in [-0.39, 0.29) is 30.8 Å². The first-order valence-corrected chi connectivity index (χ1v) is 9.95. The Morgan fingerprint density at radius 3 is 2.44 bits per heavy atom. The maximum absolute atomic E-state index is 12.6. The summed E-state index contributed by atoms with van der Waals surface area (Å²) in [5.74, 6) is 0.347. The third kappa shape index (κ3) is 6.51. The highest BCUT2D eigenvalue weighted by atomic mass is 35.5.